The van der Waals surface area contributed by atoms with Crippen LogP contribution in [-0.2, 0) is 16.6 Å². The van der Waals surface area contributed by atoms with Crippen LogP contribution in [0.3, 0.4) is 0 Å². The van der Waals surface area contributed by atoms with Gasteiger partial charge in [0.1, 0.15) is 5.75 Å². The van der Waals surface area contributed by atoms with E-state index in [0.717, 1.165) is 24.0 Å². The van der Waals surface area contributed by atoms with Gasteiger partial charge in [-0.2, -0.15) is 0 Å². The molecule has 0 aliphatic carbocycles. The van der Waals surface area contributed by atoms with Crippen LogP contribution >= 0.6 is 0 Å². The van der Waals surface area contributed by atoms with Gasteiger partial charge in [0, 0.05) is 25.2 Å². The van der Waals surface area contributed by atoms with Crippen molar-refractivity contribution in [1.82, 2.24) is 9.62 Å². The summed E-state index contributed by atoms with van der Waals surface area (Å²) in [6.07, 6.45) is 1.65. The molecule has 0 saturated carbocycles. The van der Waals surface area contributed by atoms with Gasteiger partial charge in [0.05, 0.1) is 4.90 Å². The van der Waals surface area contributed by atoms with Crippen molar-refractivity contribution in [1.29, 1.82) is 0 Å². The molecule has 6 nitrogen and oxygen atoms in total. The summed E-state index contributed by atoms with van der Waals surface area (Å²) >= 11 is 0. The number of nitrogens with one attached hydrogen (secondary N) is 1. The molecule has 1 amide bonds. The number of aromatic hydroxyl groups is 1. The Bertz CT molecular complexity index is 1170. The number of benzene rings is 3. The molecule has 1 fully saturated rings. The second-order valence-electron chi connectivity index (χ2n) is 8.00. The lowest BCUT2D eigenvalue weighted by Gasteiger charge is -2.32. The molecule has 0 unspecified atom stereocenters. The maximum Gasteiger partial charge on any atom is 0.253 e. The van der Waals surface area contributed by atoms with E-state index in [9.17, 15) is 18.3 Å². The highest BCUT2D eigenvalue weighted by atomic mass is 32.2. The third-order valence-electron chi connectivity index (χ3n) is 5.85. The summed E-state index contributed by atoms with van der Waals surface area (Å²) in [6.45, 7) is 1.40. The normalized spacial score (nSPS) is 14.9. The van der Waals surface area contributed by atoms with Crippen molar-refractivity contribution in [3.05, 3.63) is 95.6 Å². The number of carbonyl (C=O) groups excluding carboxylic acids is 1. The minimum absolute atomic E-state index is 0.0817. The van der Waals surface area contributed by atoms with E-state index in [1.54, 1.807) is 29.2 Å². The second kappa shape index (κ2) is 9.54. The van der Waals surface area contributed by atoms with Crippen LogP contribution in [0.5, 0.6) is 5.75 Å². The van der Waals surface area contributed by atoms with E-state index in [1.807, 2.05) is 42.5 Å². The van der Waals surface area contributed by atoms with E-state index in [0.29, 0.717) is 24.6 Å². The lowest BCUT2D eigenvalue weighted by molar-refractivity contribution is 0.0712. The molecule has 1 heterocycles. The lowest BCUT2D eigenvalue weighted by atomic mass is 9.89. The molecule has 4 rings (SSSR count). The Morgan fingerprint density at radius 2 is 1.62 bits per heavy atom. The summed E-state index contributed by atoms with van der Waals surface area (Å²) in [6, 6.07) is 22.7. The van der Waals surface area contributed by atoms with Crippen LogP contribution in [0.2, 0.25) is 0 Å². The SMILES string of the molecule is O=C(c1cccc(S(=O)(=O)NCc2ccccc2)c1)N1CCC(c2ccc(O)cc2)CC1. The van der Waals surface area contributed by atoms with E-state index in [4.69, 9.17) is 0 Å². The second-order valence-corrected chi connectivity index (χ2v) is 9.76. The zero-order valence-corrected chi connectivity index (χ0v) is 18.5. The molecule has 3 aromatic rings. The number of phenolic OH excluding ortho intramolecular Hbond substituents is 1. The number of likely N-dealkylation sites (tertiary alicyclic amines) is 1. The van der Waals surface area contributed by atoms with Gasteiger partial charge in [0.25, 0.3) is 5.91 Å². The highest BCUT2D eigenvalue weighted by Crippen LogP contribution is 2.29. The van der Waals surface area contributed by atoms with Crippen molar-refractivity contribution in [2.24, 2.45) is 0 Å². The smallest absolute Gasteiger partial charge is 0.253 e. The van der Waals surface area contributed by atoms with E-state index in [-0.39, 0.29) is 23.1 Å². The summed E-state index contributed by atoms with van der Waals surface area (Å²) in [5, 5.41) is 9.47. The van der Waals surface area contributed by atoms with Gasteiger partial charge < -0.3 is 10.0 Å². The fraction of sp³-hybridized carbons (Fsp3) is 0.240. The van der Waals surface area contributed by atoms with Gasteiger partial charge in [-0.05, 0) is 60.2 Å². The van der Waals surface area contributed by atoms with Crippen LogP contribution in [0.1, 0.15) is 40.2 Å². The Morgan fingerprint density at radius 3 is 2.31 bits per heavy atom. The van der Waals surface area contributed by atoms with E-state index in [1.165, 1.54) is 12.1 Å². The topological polar surface area (TPSA) is 86.7 Å². The highest BCUT2D eigenvalue weighted by molar-refractivity contribution is 7.89. The van der Waals surface area contributed by atoms with Gasteiger partial charge >= 0.3 is 0 Å². The van der Waals surface area contributed by atoms with Crippen molar-refractivity contribution in [2.45, 2.75) is 30.2 Å². The average Bonchev–Trinajstić information content (AvgIpc) is 2.84. The van der Waals surface area contributed by atoms with Gasteiger partial charge in [-0.15, -0.1) is 0 Å². The minimum atomic E-state index is -3.73. The molecule has 0 radical (unpaired) electrons. The molecule has 166 valence electrons. The Labute approximate surface area is 188 Å². The van der Waals surface area contributed by atoms with Crippen molar-refractivity contribution >= 4 is 15.9 Å². The van der Waals surface area contributed by atoms with Gasteiger partial charge in [-0.1, -0.05) is 48.5 Å². The Balaban J connectivity index is 1.40. The number of piperidine rings is 1. The highest BCUT2D eigenvalue weighted by Gasteiger charge is 2.25. The van der Waals surface area contributed by atoms with E-state index in [2.05, 4.69) is 4.72 Å². The number of nitrogens with zero attached hydrogens (tertiary/aromatic N) is 1. The molecule has 0 spiro atoms. The van der Waals surface area contributed by atoms with Crippen LogP contribution in [0, 0.1) is 0 Å². The van der Waals surface area contributed by atoms with Crippen molar-refractivity contribution in [3.63, 3.8) is 0 Å². The molecule has 32 heavy (non-hydrogen) atoms. The van der Waals surface area contributed by atoms with Crippen LogP contribution in [0.25, 0.3) is 0 Å². The molecule has 7 heteroatoms. The molecule has 1 aliphatic rings. The number of sulfonamides is 1. The summed E-state index contributed by atoms with van der Waals surface area (Å²) in [7, 11) is -3.73. The molecule has 0 bridgehead atoms. The fourth-order valence-electron chi connectivity index (χ4n) is 4.00. The summed E-state index contributed by atoms with van der Waals surface area (Å²) < 4.78 is 28.0. The zero-order chi connectivity index (χ0) is 22.6. The van der Waals surface area contributed by atoms with Gasteiger partial charge in [-0.3, -0.25) is 4.79 Å². The first-order valence-electron chi connectivity index (χ1n) is 10.6. The number of amides is 1. The molecule has 0 aromatic heterocycles. The summed E-state index contributed by atoms with van der Waals surface area (Å²) in [4.78, 5) is 14.9. The van der Waals surface area contributed by atoms with Crippen molar-refractivity contribution < 1.29 is 18.3 Å². The molecule has 1 aliphatic heterocycles. The van der Waals surface area contributed by atoms with Gasteiger partial charge in [-0.25, -0.2) is 13.1 Å². The zero-order valence-electron chi connectivity index (χ0n) is 17.6. The molecule has 0 atom stereocenters. The standard InChI is InChI=1S/C25H26N2O4S/c28-23-11-9-20(10-12-23)21-13-15-27(16-14-21)25(29)22-7-4-8-24(17-22)32(30,31)26-18-19-5-2-1-3-6-19/h1-12,17,21,26,28H,13-16,18H2. The number of carbonyl (C=O) groups is 1. The Kier molecular flexibility index (Phi) is 6.58. The lowest BCUT2D eigenvalue weighted by Crippen LogP contribution is -2.38. The monoisotopic (exact) mass is 450 g/mol. The summed E-state index contributed by atoms with van der Waals surface area (Å²) in [5.74, 6) is 0.428. The van der Waals surface area contributed by atoms with Gasteiger partial charge in [0.15, 0.2) is 0 Å². The number of hydrogen-bond acceptors (Lipinski definition) is 4. The number of hydrogen-bond donors (Lipinski definition) is 2. The first kappa shape index (κ1) is 22.0. The Morgan fingerprint density at radius 1 is 0.938 bits per heavy atom. The third kappa shape index (κ3) is 5.18. The van der Waals surface area contributed by atoms with Crippen LogP contribution in [0.4, 0.5) is 0 Å². The van der Waals surface area contributed by atoms with Crippen LogP contribution in [-0.4, -0.2) is 37.4 Å². The van der Waals surface area contributed by atoms with E-state index >= 15 is 0 Å². The van der Waals surface area contributed by atoms with Crippen LogP contribution in [0.15, 0.2) is 83.8 Å². The molecule has 3 aromatic carbocycles. The van der Waals surface area contributed by atoms with Crippen molar-refractivity contribution in [2.75, 3.05) is 13.1 Å². The van der Waals surface area contributed by atoms with Gasteiger partial charge in [0.2, 0.25) is 10.0 Å². The largest absolute Gasteiger partial charge is 0.508 e. The summed E-state index contributed by atoms with van der Waals surface area (Å²) in [5.41, 5.74) is 2.39. The maximum absolute atomic E-state index is 13.0. The average molecular weight is 451 g/mol. The van der Waals surface area contributed by atoms with Crippen LogP contribution < -0.4 is 4.72 Å². The molecular weight excluding hydrogens is 424 g/mol. The maximum atomic E-state index is 13.0. The van der Waals surface area contributed by atoms with E-state index < -0.39 is 10.0 Å². The molecule has 1 saturated heterocycles. The predicted molar refractivity (Wildman–Crippen MR) is 123 cm³/mol. The predicted octanol–water partition coefficient (Wildman–Crippen LogP) is 3.89. The number of rotatable bonds is 6. The first-order chi connectivity index (χ1) is 15.4. The van der Waals surface area contributed by atoms with Crippen molar-refractivity contribution in [3.8, 4) is 5.75 Å². The third-order valence-corrected chi connectivity index (χ3v) is 7.25. The molecule has 2 N–H and O–H groups in total. The Hall–Kier alpha value is -3.16. The quantitative estimate of drug-likeness (QED) is 0.597. The fourth-order valence-corrected chi connectivity index (χ4v) is 5.06. The molecular formula is C25H26N2O4S. The minimum Gasteiger partial charge on any atom is -0.508 e. The first-order valence-corrected chi connectivity index (χ1v) is 12.1. The number of phenols is 1.